The van der Waals surface area contributed by atoms with E-state index in [0.717, 1.165) is 4.88 Å². The van der Waals surface area contributed by atoms with Gasteiger partial charge in [-0.05, 0) is 73.7 Å². The van der Waals surface area contributed by atoms with E-state index < -0.39 is 47.1 Å². The molecule has 2 N–H and O–H groups in total. The number of nitrogens with two attached hydrogens (primary N) is 1. The molecule has 0 saturated carbocycles. The van der Waals surface area contributed by atoms with Gasteiger partial charge in [-0.15, -0.1) is 11.3 Å². The molecule has 1 aromatic heterocycles. The van der Waals surface area contributed by atoms with Crippen molar-refractivity contribution in [1.29, 1.82) is 0 Å². The quantitative estimate of drug-likeness (QED) is 0.290. The largest absolute Gasteiger partial charge is 0.465 e. The lowest BCUT2D eigenvalue weighted by Crippen LogP contribution is -2.46. The van der Waals surface area contributed by atoms with Crippen LogP contribution in [-0.2, 0) is 23.9 Å². The van der Waals surface area contributed by atoms with E-state index >= 15 is 0 Å². The van der Waals surface area contributed by atoms with Crippen molar-refractivity contribution in [1.82, 2.24) is 0 Å². The Balaban J connectivity index is 1.82. The molecule has 7 nitrogen and oxygen atoms in total. The summed E-state index contributed by atoms with van der Waals surface area (Å²) in [5.41, 5.74) is 7.90. The van der Waals surface area contributed by atoms with Gasteiger partial charge in [0.15, 0.2) is 5.78 Å². The predicted octanol–water partition coefficient (Wildman–Crippen LogP) is 5.55. The summed E-state index contributed by atoms with van der Waals surface area (Å²) in [5.74, 6) is -6.04. The van der Waals surface area contributed by atoms with Crippen LogP contribution in [-0.4, -0.2) is 30.9 Å². The molecule has 3 atom stereocenters. The second-order valence-electron chi connectivity index (χ2n) is 9.60. The third kappa shape index (κ3) is 5.15. The molecule has 0 unspecified atom stereocenters. The van der Waals surface area contributed by atoms with Crippen molar-refractivity contribution in [2.45, 2.75) is 32.1 Å². The lowest BCUT2D eigenvalue weighted by molar-refractivity contribution is -0.152. The Labute approximate surface area is 239 Å². The van der Waals surface area contributed by atoms with Crippen molar-refractivity contribution in [3.05, 3.63) is 111 Å². The lowest BCUT2D eigenvalue weighted by Gasteiger charge is -2.43. The van der Waals surface area contributed by atoms with Crippen LogP contribution < -0.4 is 10.6 Å². The van der Waals surface area contributed by atoms with Gasteiger partial charge in [-0.25, -0.2) is 13.6 Å². The Hall–Kier alpha value is -4.31. The molecule has 3 aromatic rings. The number of carbonyl (C=O) groups is 3. The van der Waals surface area contributed by atoms with Crippen LogP contribution in [0.1, 0.15) is 42.5 Å². The number of ether oxygens (including phenoxy) is 2. The zero-order valence-corrected chi connectivity index (χ0v) is 23.3. The summed E-state index contributed by atoms with van der Waals surface area (Å²) in [6, 6.07) is 14.7. The topological polar surface area (TPSA) is 98.9 Å². The van der Waals surface area contributed by atoms with Gasteiger partial charge in [0.2, 0.25) is 0 Å². The van der Waals surface area contributed by atoms with Crippen LogP contribution >= 0.6 is 11.3 Å². The standard InChI is InChI=1S/C31H28F2N2O5S/c1-3-39-30(37)25-21(23-9-6-14-41-23)16-22-26(28(25)36)24(17-7-5-8-19(33)15-17)27(31(38)40-4-2)29(34)35(22)20-12-10-18(32)11-13-20/h5-15,21,24-25H,3-4,16,34H2,1-2H3/t21-,24+,25+/m1/s1. The maximum absolute atomic E-state index is 14.6. The highest BCUT2D eigenvalue weighted by Gasteiger charge is 2.51. The van der Waals surface area contributed by atoms with Crippen LogP contribution in [0.5, 0.6) is 0 Å². The molecule has 0 spiro atoms. The fourth-order valence-electron chi connectivity index (χ4n) is 5.61. The number of allylic oxidation sites excluding steroid dienone is 2. The molecule has 0 radical (unpaired) electrons. The van der Waals surface area contributed by atoms with E-state index in [1.54, 1.807) is 19.9 Å². The number of halogens is 2. The molecule has 2 heterocycles. The molecule has 212 valence electrons. The number of thiophene rings is 1. The molecule has 2 aromatic carbocycles. The molecule has 1 aliphatic heterocycles. The van der Waals surface area contributed by atoms with E-state index in [0.29, 0.717) is 16.9 Å². The number of esters is 2. The summed E-state index contributed by atoms with van der Waals surface area (Å²) in [6.45, 7) is 3.38. The van der Waals surface area contributed by atoms with Crippen LogP contribution in [0.15, 0.2) is 88.7 Å². The van der Waals surface area contributed by atoms with Crippen molar-refractivity contribution in [3.63, 3.8) is 0 Å². The average Bonchev–Trinajstić information content (AvgIpc) is 3.48. The Morgan fingerprint density at radius 2 is 1.73 bits per heavy atom. The number of nitrogens with zero attached hydrogens (tertiary/aromatic N) is 1. The molecule has 0 saturated heterocycles. The van der Waals surface area contributed by atoms with Gasteiger partial charge in [-0.3, -0.25) is 14.5 Å². The number of carbonyl (C=O) groups excluding carboxylic acids is 3. The first-order valence-electron chi connectivity index (χ1n) is 13.2. The Kier molecular flexibility index (Phi) is 8.03. The average molecular weight is 579 g/mol. The third-order valence-electron chi connectivity index (χ3n) is 7.25. The first kappa shape index (κ1) is 28.2. The first-order valence-corrected chi connectivity index (χ1v) is 14.1. The van der Waals surface area contributed by atoms with Crippen LogP contribution in [0.25, 0.3) is 0 Å². The van der Waals surface area contributed by atoms with Gasteiger partial charge in [0.25, 0.3) is 0 Å². The van der Waals surface area contributed by atoms with Gasteiger partial charge in [-0.2, -0.15) is 0 Å². The van der Waals surface area contributed by atoms with Crippen molar-refractivity contribution >= 4 is 34.7 Å². The molecule has 41 heavy (non-hydrogen) atoms. The molecule has 10 heteroatoms. The first-order chi connectivity index (χ1) is 19.8. The summed E-state index contributed by atoms with van der Waals surface area (Å²) in [7, 11) is 0. The SMILES string of the molecule is CCOC(=O)C1=C(N)N(c2ccc(F)cc2)C2=C(C(=O)[C@@H](C(=O)OCC)[C@@H](c3cccs3)C2)[C@@H]1c1cccc(F)c1. The monoisotopic (exact) mass is 578 g/mol. The lowest BCUT2D eigenvalue weighted by atomic mass is 9.68. The molecular formula is C31H28F2N2O5S. The number of hydrogen-bond acceptors (Lipinski definition) is 8. The predicted molar refractivity (Wildman–Crippen MR) is 150 cm³/mol. The fraction of sp³-hybridized carbons (Fsp3) is 0.258. The zero-order valence-electron chi connectivity index (χ0n) is 22.4. The van der Waals surface area contributed by atoms with Crippen molar-refractivity contribution in [3.8, 4) is 0 Å². The van der Waals surface area contributed by atoms with Gasteiger partial charge in [0, 0.05) is 27.8 Å². The van der Waals surface area contributed by atoms with Gasteiger partial charge in [0.05, 0.1) is 24.7 Å². The Bertz CT molecular complexity index is 1550. The number of rotatable bonds is 7. The normalized spacial score (nSPS) is 20.6. The van der Waals surface area contributed by atoms with E-state index in [4.69, 9.17) is 15.2 Å². The van der Waals surface area contributed by atoms with Crippen molar-refractivity contribution in [2.75, 3.05) is 18.1 Å². The second-order valence-corrected chi connectivity index (χ2v) is 10.6. The van der Waals surface area contributed by atoms with E-state index in [1.807, 2.05) is 17.5 Å². The highest BCUT2D eigenvalue weighted by molar-refractivity contribution is 7.10. The molecule has 1 aliphatic carbocycles. The smallest absolute Gasteiger partial charge is 0.338 e. The Morgan fingerprint density at radius 1 is 1.00 bits per heavy atom. The minimum Gasteiger partial charge on any atom is -0.465 e. The third-order valence-corrected chi connectivity index (χ3v) is 8.25. The number of ketones is 1. The molecule has 0 fully saturated rings. The van der Waals surface area contributed by atoms with Gasteiger partial charge in [0.1, 0.15) is 23.4 Å². The fourth-order valence-corrected chi connectivity index (χ4v) is 6.48. The van der Waals surface area contributed by atoms with E-state index in [1.165, 1.54) is 58.7 Å². The number of hydrogen-bond donors (Lipinski definition) is 1. The van der Waals surface area contributed by atoms with E-state index in [-0.39, 0.29) is 36.6 Å². The summed E-state index contributed by atoms with van der Waals surface area (Å²) >= 11 is 1.40. The van der Waals surface area contributed by atoms with Crippen molar-refractivity contribution < 1.29 is 32.6 Å². The van der Waals surface area contributed by atoms with Gasteiger partial charge < -0.3 is 15.2 Å². The summed E-state index contributed by atoms with van der Waals surface area (Å²) < 4.78 is 39.2. The summed E-state index contributed by atoms with van der Waals surface area (Å²) in [6.07, 6.45) is 0.172. The molecule has 2 aliphatic rings. The maximum atomic E-state index is 14.6. The number of Topliss-reactive ketones (excluding diaryl/α,β-unsaturated/α-hetero) is 1. The van der Waals surface area contributed by atoms with Crippen LogP contribution in [0.3, 0.4) is 0 Å². The molecule has 5 rings (SSSR count). The van der Waals surface area contributed by atoms with E-state index in [9.17, 15) is 23.2 Å². The van der Waals surface area contributed by atoms with Gasteiger partial charge in [-0.1, -0.05) is 18.2 Å². The van der Waals surface area contributed by atoms with Crippen molar-refractivity contribution in [2.24, 2.45) is 11.7 Å². The second kappa shape index (κ2) is 11.7. The maximum Gasteiger partial charge on any atom is 0.338 e. The van der Waals surface area contributed by atoms with Crippen LogP contribution in [0, 0.1) is 17.6 Å². The minimum absolute atomic E-state index is 0.0216. The minimum atomic E-state index is -1.21. The molecule has 0 bridgehead atoms. The zero-order chi connectivity index (χ0) is 29.3. The van der Waals surface area contributed by atoms with Gasteiger partial charge >= 0.3 is 11.9 Å². The molecule has 0 amide bonds. The number of anilines is 1. The number of benzene rings is 2. The van der Waals surface area contributed by atoms with E-state index in [2.05, 4.69) is 0 Å². The Morgan fingerprint density at radius 3 is 2.37 bits per heavy atom. The summed E-state index contributed by atoms with van der Waals surface area (Å²) in [4.78, 5) is 43.7. The van der Waals surface area contributed by atoms with Crippen LogP contribution in [0.4, 0.5) is 14.5 Å². The highest BCUT2D eigenvalue weighted by Crippen LogP contribution is 2.52. The van der Waals surface area contributed by atoms with Crippen LogP contribution in [0.2, 0.25) is 0 Å². The summed E-state index contributed by atoms with van der Waals surface area (Å²) in [5, 5.41) is 1.85. The highest BCUT2D eigenvalue weighted by atomic mass is 32.1. The molecular weight excluding hydrogens is 550 g/mol.